The Labute approximate surface area is 114 Å². The standard InChI is InChI=1S/C17H18O2/c1-18-16-10-4-8-14(12-16)6-3-7-15-9-5-11-17(13-15)19-2/h3-6,8-13H,7H2,1-2H3/b6-3+. The Bertz CT molecular complexity index is 559. The van der Waals surface area contributed by atoms with Crippen LogP contribution >= 0.6 is 0 Å². The highest BCUT2D eigenvalue weighted by atomic mass is 16.5. The van der Waals surface area contributed by atoms with Crippen molar-refractivity contribution in [3.05, 3.63) is 65.7 Å². The number of ether oxygens (including phenoxy) is 2. The second kappa shape index (κ2) is 6.64. The van der Waals surface area contributed by atoms with E-state index in [1.165, 1.54) is 5.56 Å². The van der Waals surface area contributed by atoms with Crippen LogP contribution in [0.5, 0.6) is 11.5 Å². The topological polar surface area (TPSA) is 18.5 Å². The molecule has 0 amide bonds. The molecule has 0 unspecified atom stereocenters. The molecule has 0 saturated carbocycles. The fourth-order valence-corrected chi connectivity index (χ4v) is 1.88. The number of hydrogen-bond donors (Lipinski definition) is 0. The molecule has 0 aliphatic carbocycles. The van der Waals surface area contributed by atoms with E-state index in [0.717, 1.165) is 23.5 Å². The van der Waals surface area contributed by atoms with Crippen molar-refractivity contribution in [3.63, 3.8) is 0 Å². The summed E-state index contributed by atoms with van der Waals surface area (Å²) in [4.78, 5) is 0. The molecule has 0 N–H and O–H groups in total. The average molecular weight is 254 g/mol. The van der Waals surface area contributed by atoms with Gasteiger partial charge in [-0.2, -0.15) is 0 Å². The summed E-state index contributed by atoms with van der Waals surface area (Å²) in [6.45, 7) is 0. The van der Waals surface area contributed by atoms with Crippen LogP contribution in [0.2, 0.25) is 0 Å². The number of rotatable bonds is 5. The molecule has 0 atom stereocenters. The van der Waals surface area contributed by atoms with Crippen molar-refractivity contribution in [1.82, 2.24) is 0 Å². The Morgan fingerprint density at radius 2 is 1.58 bits per heavy atom. The van der Waals surface area contributed by atoms with Crippen LogP contribution in [0.3, 0.4) is 0 Å². The fourth-order valence-electron chi connectivity index (χ4n) is 1.88. The second-order valence-electron chi connectivity index (χ2n) is 4.23. The van der Waals surface area contributed by atoms with Gasteiger partial charge in [-0.1, -0.05) is 36.4 Å². The van der Waals surface area contributed by atoms with Crippen LogP contribution in [-0.4, -0.2) is 14.2 Å². The molecule has 2 rings (SSSR count). The number of methoxy groups -OCH3 is 2. The third kappa shape index (κ3) is 3.88. The molecule has 0 heterocycles. The Kier molecular flexibility index (Phi) is 4.62. The monoisotopic (exact) mass is 254 g/mol. The van der Waals surface area contributed by atoms with Gasteiger partial charge in [-0.25, -0.2) is 0 Å². The van der Waals surface area contributed by atoms with E-state index in [4.69, 9.17) is 9.47 Å². The zero-order valence-electron chi connectivity index (χ0n) is 11.3. The number of allylic oxidation sites excluding steroid dienone is 1. The molecule has 98 valence electrons. The molecular formula is C17H18O2. The maximum Gasteiger partial charge on any atom is 0.119 e. The number of benzene rings is 2. The SMILES string of the molecule is COc1cccc(/C=C/Cc2cccc(OC)c2)c1. The normalized spacial score (nSPS) is 10.6. The van der Waals surface area contributed by atoms with Crippen molar-refractivity contribution in [3.8, 4) is 11.5 Å². The lowest BCUT2D eigenvalue weighted by Crippen LogP contribution is -1.86. The van der Waals surface area contributed by atoms with Gasteiger partial charge in [0.25, 0.3) is 0 Å². The first kappa shape index (κ1) is 13.2. The second-order valence-corrected chi connectivity index (χ2v) is 4.23. The molecule has 2 aromatic carbocycles. The van der Waals surface area contributed by atoms with E-state index in [2.05, 4.69) is 30.4 Å². The summed E-state index contributed by atoms with van der Waals surface area (Å²) in [6.07, 6.45) is 5.12. The van der Waals surface area contributed by atoms with Gasteiger partial charge in [-0.05, 0) is 41.8 Å². The number of hydrogen-bond acceptors (Lipinski definition) is 2. The van der Waals surface area contributed by atoms with Crippen molar-refractivity contribution in [1.29, 1.82) is 0 Å². The first-order chi connectivity index (χ1) is 9.31. The molecule has 0 bridgehead atoms. The maximum atomic E-state index is 5.21. The summed E-state index contributed by atoms with van der Waals surface area (Å²) >= 11 is 0. The highest BCUT2D eigenvalue weighted by molar-refractivity contribution is 5.52. The lowest BCUT2D eigenvalue weighted by Gasteiger charge is -2.02. The van der Waals surface area contributed by atoms with Crippen molar-refractivity contribution < 1.29 is 9.47 Å². The van der Waals surface area contributed by atoms with E-state index in [1.54, 1.807) is 14.2 Å². The van der Waals surface area contributed by atoms with Crippen molar-refractivity contribution in [2.24, 2.45) is 0 Å². The van der Waals surface area contributed by atoms with Gasteiger partial charge >= 0.3 is 0 Å². The quantitative estimate of drug-likeness (QED) is 0.804. The van der Waals surface area contributed by atoms with E-state index in [0.29, 0.717) is 0 Å². The third-order valence-corrected chi connectivity index (χ3v) is 2.89. The molecule has 2 aromatic rings. The molecule has 0 aromatic heterocycles. The molecular weight excluding hydrogens is 236 g/mol. The highest BCUT2D eigenvalue weighted by Gasteiger charge is 1.94. The minimum Gasteiger partial charge on any atom is -0.497 e. The van der Waals surface area contributed by atoms with Crippen LogP contribution in [0.25, 0.3) is 6.08 Å². The smallest absolute Gasteiger partial charge is 0.119 e. The van der Waals surface area contributed by atoms with Gasteiger partial charge in [0.2, 0.25) is 0 Å². The van der Waals surface area contributed by atoms with Gasteiger partial charge in [0.05, 0.1) is 14.2 Å². The van der Waals surface area contributed by atoms with E-state index >= 15 is 0 Å². The summed E-state index contributed by atoms with van der Waals surface area (Å²) in [6, 6.07) is 16.1. The first-order valence-corrected chi connectivity index (χ1v) is 6.25. The fraction of sp³-hybridized carbons (Fsp3) is 0.176. The molecule has 0 spiro atoms. The minimum atomic E-state index is 0.878. The zero-order valence-corrected chi connectivity index (χ0v) is 11.3. The molecule has 0 aliphatic heterocycles. The van der Waals surface area contributed by atoms with Crippen molar-refractivity contribution in [2.75, 3.05) is 14.2 Å². The summed E-state index contributed by atoms with van der Waals surface area (Å²) in [5.41, 5.74) is 2.38. The van der Waals surface area contributed by atoms with Gasteiger partial charge < -0.3 is 9.47 Å². The van der Waals surface area contributed by atoms with Crippen LogP contribution in [0.4, 0.5) is 0 Å². The largest absolute Gasteiger partial charge is 0.497 e. The molecule has 19 heavy (non-hydrogen) atoms. The van der Waals surface area contributed by atoms with Crippen LogP contribution in [0, 0.1) is 0 Å². The maximum absolute atomic E-state index is 5.21. The summed E-state index contributed by atoms with van der Waals surface area (Å²) in [7, 11) is 3.37. The summed E-state index contributed by atoms with van der Waals surface area (Å²) < 4.78 is 10.4. The van der Waals surface area contributed by atoms with Gasteiger partial charge in [0.1, 0.15) is 11.5 Å². The van der Waals surface area contributed by atoms with E-state index in [9.17, 15) is 0 Å². The zero-order chi connectivity index (χ0) is 13.5. The Morgan fingerprint density at radius 3 is 2.32 bits per heavy atom. The molecule has 0 fully saturated rings. The molecule has 0 saturated heterocycles. The Hall–Kier alpha value is -2.22. The molecule has 2 nitrogen and oxygen atoms in total. The summed E-state index contributed by atoms with van der Waals surface area (Å²) in [5.74, 6) is 1.77. The van der Waals surface area contributed by atoms with Gasteiger partial charge in [0, 0.05) is 0 Å². The van der Waals surface area contributed by atoms with Crippen LogP contribution in [0.15, 0.2) is 54.6 Å². The lowest BCUT2D eigenvalue weighted by atomic mass is 10.1. The van der Waals surface area contributed by atoms with E-state index in [-0.39, 0.29) is 0 Å². The van der Waals surface area contributed by atoms with Gasteiger partial charge in [0.15, 0.2) is 0 Å². The minimum absolute atomic E-state index is 0.878. The van der Waals surface area contributed by atoms with Crippen LogP contribution in [0.1, 0.15) is 11.1 Å². The van der Waals surface area contributed by atoms with Gasteiger partial charge in [-0.3, -0.25) is 0 Å². The highest BCUT2D eigenvalue weighted by Crippen LogP contribution is 2.16. The Balaban J connectivity index is 2.02. The van der Waals surface area contributed by atoms with Gasteiger partial charge in [-0.15, -0.1) is 0 Å². The summed E-state index contributed by atoms with van der Waals surface area (Å²) in [5, 5.41) is 0. The Morgan fingerprint density at radius 1 is 0.895 bits per heavy atom. The molecule has 2 heteroatoms. The van der Waals surface area contributed by atoms with Crippen molar-refractivity contribution >= 4 is 6.08 Å². The first-order valence-electron chi connectivity index (χ1n) is 6.25. The van der Waals surface area contributed by atoms with Crippen LogP contribution < -0.4 is 9.47 Å². The lowest BCUT2D eigenvalue weighted by molar-refractivity contribution is 0.414. The van der Waals surface area contributed by atoms with E-state index < -0.39 is 0 Å². The predicted molar refractivity (Wildman–Crippen MR) is 78.7 cm³/mol. The molecule has 0 radical (unpaired) electrons. The van der Waals surface area contributed by atoms with Crippen LogP contribution in [-0.2, 0) is 6.42 Å². The van der Waals surface area contributed by atoms with E-state index in [1.807, 2.05) is 30.3 Å². The molecule has 0 aliphatic rings. The predicted octanol–water partition coefficient (Wildman–Crippen LogP) is 3.96. The third-order valence-electron chi connectivity index (χ3n) is 2.89. The van der Waals surface area contributed by atoms with Crippen molar-refractivity contribution in [2.45, 2.75) is 6.42 Å². The average Bonchev–Trinajstić information content (AvgIpc) is 2.48.